The summed E-state index contributed by atoms with van der Waals surface area (Å²) in [6, 6.07) is 5.69. The van der Waals surface area contributed by atoms with Crippen LogP contribution in [-0.4, -0.2) is 36.0 Å². The molecule has 5 heterocycles. The molecule has 7 nitrogen and oxygen atoms in total. The SMILES string of the molecule is C=CC(F)(F)c1nc2ccccn2c1C(=O)NCc1cnc(-c2cn3c(n2)CC(C(F)(F)F)CC3)c(F)c1. The van der Waals surface area contributed by atoms with E-state index in [4.69, 9.17) is 0 Å². The summed E-state index contributed by atoms with van der Waals surface area (Å²) in [6.07, 6.45) is -0.195. The molecule has 4 aromatic heterocycles. The molecule has 0 aliphatic carbocycles. The van der Waals surface area contributed by atoms with Crippen LogP contribution >= 0.6 is 0 Å². The van der Waals surface area contributed by atoms with Crippen molar-refractivity contribution >= 4 is 11.6 Å². The van der Waals surface area contributed by atoms with Crippen molar-refractivity contribution in [3.63, 3.8) is 0 Å². The van der Waals surface area contributed by atoms with Crippen LogP contribution in [0.5, 0.6) is 0 Å². The molecule has 0 aromatic carbocycles. The Bertz CT molecular complexity index is 1540. The topological polar surface area (TPSA) is 77.1 Å². The fourth-order valence-corrected chi connectivity index (χ4v) is 4.39. The van der Waals surface area contributed by atoms with Crippen LogP contribution in [0.15, 0.2) is 55.5 Å². The zero-order valence-electron chi connectivity index (χ0n) is 19.6. The molecule has 1 aliphatic heterocycles. The molecule has 38 heavy (non-hydrogen) atoms. The lowest BCUT2D eigenvalue weighted by atomic mass is 9.97. The number of fused-ring (bicyclic) bond motifs is 2. The van der Waals surface area contributed by atoms with Gasteiger partial charge in [-0.3, -0.25) is 14.2 Å². The number of hydrogen-bond acceptors (Lipinski definition) is 4. The second kappa shape index (κ2) is 9.30. The first-order chi connectivity index (χ1) is 18.0. The molecular weight excluding hydrogens is 514 g/mol. The van der Waals surface area contributed by atoms with Crippen molar-refractivity contribution in [3.05, 3.63) is 84.1 Å². The number of alkyl halides is 5. The number of rotatable bonds is 6. The highest BCUT2D eigenvalue weighted by Crippen LogP contribution is 2.36. The highest BCUT2D eigenvalue weighted by atomic mass is 19.4. The Balaban J connectivity index is 1.34. The van der Waals surface area contributed by atoms with Gasteiger partial charge in [0.2, 0.25) is 0 Å². The molecule has 5 rings (SSSR count). The summed E-state index contributed by atoms with van der Waals surface area (Å²) in [5.74, 6) is -6.54. The van der Waals surface area contributed by atoms with Gasteiger partial charge < -0.3 is 9.88 Å². The van der Waals surface area contributed by atoms with E-state index < -0.39 is 41.1 Å². The molecule has 198 valence electrons. The average Bonchev–Trinajstić information content (AvgIpc) is 3.48. The second-order valence-electron chi connectivity index (χ2n) is 8.89. The maximum absolute atomic E-state index is 14.9. The molecule has 4 aromatic rings. The van der Waals surface area contributed by atoms with E-state index in [2.05, 4.69) is 26.8 Å². The van der Waals surface area contributed by atoms with Crippen LogP contribution in [0.1, 0.15) is 34.0 Å². The standard InChI is InChI=1S/C25H20F6N6O/c1-2-24(27,28)22-21(37-7-4-3-5-18(37)35-22)23(38)33-12-14-9-16(26)20(32-11-14)17-13-36-8-6-15(25(29,30)31)10-19(36)34-17/h2-5,7,9,11,13,15H,1,6,8,10,12H2,(H,33,38). The number of hydrogen-bond donors (Lipinski definition) is 1. The maximum Gasteiger partial charge on any atom is 0.392 e. The molecular formula is C25H20F6N6O. The number of carbonyl (C=O) groups excluding carboxylic acids is 1. The molecule has 0 saturated heterocycles. The Kier molecular flexibility index (Phi) is 6.24. The average molecular weight is 534 g/mol. The molecule has 0 bridgehead atoms. The number of aromatic nitrogens is 5. The van der Waals surface area contributed by atoms with E-state index in [1.807, 2.05) is 0 Å². The first-order valence-electron chi connectivity index (χ1n) is 11.5. The molecule has 0 spiro atoms. The van der Waals surface area contributed by atoms with Gasteiger partial charge in [0.1, 0.15) is 34.2 Å². The summed E-state index contributed by atoms with van der Waals surface area (Å²) >= 11 is 0. The van der Waals surface area contributed by atoms with E-state index in [9.17, 15) is 31.1 Å². The highest BCUT2D eigenvalue weighted by Gasteiger charge is 2.42. The summed E-state index contributed by atoms with van der Waals surface area (Å²) in [6.45, 7) is 2.98. The van der Waals surface area contributed by atoms with Gasteiger partial charge >= 0.3 is 12.1 Å². The Morgan fingerprint density at radius 3 is 2.71 bits per heavy atom. The van der Waals surface area contributed by atoms with Gasteiger partial charge in [0.05, 0.1) is 5.92 Å². The van der Waals surface area contributed by atoms with E-state index in [1.165, 1.54) is 29.1 Å². The van der Waals surface area contributed by atoms with Crippen LogP contribution in [0.25, 0.3) is 17.0 Å². The van der Waals surface area contributed by atoms with Crippen molar-refractivity contribution in [1.29, 1.82) is 0 Å². The van der Waals surface area contributed by atoms with E-state index in [0.717, 1.165) is 6.07 Å². The van der Waals surface area contributed by atoms with Crippen LogP contribution in [0.2, 0.25) is 0 Å². The lowest BCUT2D eigenvalue weighted by Crippen LogP contribution is -2.31. The van der Waals surface area contributed by atoms with Gasteiger partial charge in [0.15, 0.2) is 5.82 Å². The largest absolute Gasteiger partial charge is 0.392 e. The molecule has 1 unspecified atom stereocenters. The number of amides is 1. The zero-order chi connectivity index (χ0) is 27.2. The third-order valence-electron chi connectivity index (χ3n) is 6.38. The van der Waals surface area contributed by atoms with Crippen LogP contribution in [-0.2, 0) is 25.4 Å². The maximum atomic E-state index is 14.9. The lowest BCUT2D eigenvalue weighted by Gasteiger charge is -2.25. The van der Waals surface area contributed by atoms with Gasteiger partial charge in [-0.2, -0.15) is 22.0 Å². The monoisotopic (exact) mass is 534 g/mol. The third-order valence-corrected chi connectivity index (χ3v) is 6.38. The highest BCUT2D eigenvalue weighted by molar-refractivity contribution is 5.95. The molecule has 0 radical (unpaired) electrons. The minimum atomic E-state index is -4.33. The van der Waals surface area contributed by atoms with Crippen LogP contribution in [0, 0.1) is 11.7 Å². The fourth-order valence-electron chi connectivity index (χ4n) is 4.39. The van der Waals surface area contributed by atoms with Gasteiger partial charge in [-0.25, -0.2) is 14.4 Å². The summed E-state index contributed by atoms with van der Waals surface area (Å²) < 4.78 is 85.8. The van der Waals surface area contributed by atoms with E-state index >= 15 is 0 Å². The number of imidazole rings is 2. The number of nitrogens with one attached hydrogen (secondary N) is 1. The third kappa shape index (κ3) is 4.63. The van der Waals surface area contributed by atoms with Gasteiger partial charge in [0.25, 0.3) is 5.91 Å². The fraction of sp³-hybridized carbons (Fsp3) is 0.280. The van der Waals surface area contributed by atoms with Gasteiger partial charge in [-0.1, -0.05) is 12.6 Å². The normalized spacial score (nSPS) is 15.9. The molecule has 1 aliphatic rings. The quantitative estimate of drug-likeness (QED) is 0.277. The van der Waals surface area contributed by atoms with Crippen molar-refractivity contribution < 1.29 is 31.1 Å². The van der Waals surface area contributed by atoms with E-state index in [0.29, 0.717) is 6.08 Å². The van der Waals surface area contributed by atoms with Crippen molar-refractivity contribution in [2.45, 2.75) is 38.0 Å². The van der Waals surface area contributed by atoms with Crippen LogP contribution < -0.4 is 5.32 Å². The van der Waals surface area contributed by atoms with E-state index in [1.54, 1.807) is 16.7 Å². The Labute approximate surface area is 211 Å². The molecule has 1 N–H and O–H groups in total. The van der Waals surface area contributed by atoms with Crippen LogP contribution in [0.3, 0.4) is 0 Å². The number of allylic oxidation sites excluding steroid dienone is 1. The number of nitrogens with zero attached hydrogens (tertiary/aromatic N) is 5. The summed E-state index contributed by atoms with van der Waals surface area (Å²) in [5.41, 5.74) is -0.857. The van der Waals surface area contributed by atoms with Gasteiger partial charge in [-0.05, 0) is 36.3 Å². The molecule has 0 fully saturated rings. The van der Waals surface area contributed by atoms with Crippen molar-refractivity contribution in [2.24, 2.45) is 5.92 Å². The predicted octanol–water partition coefficient (Wildman–Crippen LogP) is 5.06. The smallest absolute Gasteiger partial charge is 0.347 e. The number of carbonyl (C=O) groups is 1. The molecule has 13 heteroatoms. The van der Waals surface area contributed by atoms with Gasteiger partial charge in [-0.15, -0.1) is 0 Å². The predicted molar refractivity (Wildman–Crippen MR) is 124 cm³/mol. The first kappa shape index (κ1) is 25.5. The van der Waals surface area contributed by atoms with Crippen molar-refractivity contribution in [2.75, 3.05) is 0 Å². The minimum absolute atomic E-state index is 0.0895. The van der Waals surface area contributed by atoms with Crippen LogP contribution in [0.4, 0.5) is 26.3 Å². The lowest BCUT2D eigenvalue weighted by molar-refractivity contribution is -0.179. The van der Waals surface area contributed by atoms with Crippen molar-refractivity contribution in [3.8, 4) is 11.4 Å². The Hall–Kier alpha value is -4.16. The summed E-state index contributed by atoms with van der Waals surface area (Å²) in [5, 5.41) is 2.47. The Morgan fingerprint density at radius 2 is 2.00 bits per heavy atom. The number of pyridine rings is 2. The summed E-state index contributed by atoms with van der Waals surface area (Å²) in [4.78, 5) is 25.0. The summed E-state index contributed by atoms with van der Waals surface area (Å²) in [7, 11) is 0. The van der Waals surface area contributed by atoms with Crippen molar-refractivity contribution in [1.82, 2.24) is 29.2 Å². The number of aryl methyl sites for hydroxylation is 1. The van der Waals surface area contributed by atoms with E-state index in [-0.39, 0.29) is 54.4 Å². The second-order valence-corrected chi connectivity index (χ2v) is 8.89. The number of halogens is 6. The Morgan fingerprint density at radius 1 is 1.21 bits per heavy atom. The zero-order valence-corrected chi connectivity index (χ0v) is 19.6. The molecule has 1 amide bonds. The van der Waals surface area contributed by atoms with Gasteiger partial charge in [0, 0.05) is 38.1 Å². The molecule has 0 saturated carbocycles. The molecule has 1 atom stereocenters. The first-order valence-corrected chi connectivity index (χ1v) is 11.5. The minimum Gasteiger partial charge on any atom is -0.347 e.